The fraction of sp³-hybridized carbons (Fsp3) is 0.333. The van der Waals surface area contributed by atoms with Crippen molar-refractivity contribution in [1.29, 1.82) is 0 Å². The lowest BCUT2D eigenvalue weighted by molar-refractivity contribution is -0.670. The number of ether oxygens (including phenoxy) is 2. The first-order valence-corrected chi connectivity index (χ1v) is 7.58. The van der Waals surface area contributed by atoms with E-state index in [9.17, 15) is 8.78 Å². The minimum absolute atomic E-state index is 0.242. The summed E-state index contributed by atoms with van der Waals surface area (Å²) in [6, 6.07) is 13.0. The molecule has 0 aliphatic rings. The van der Waals surface area contributed by atoms with E-state index in [2.05, 4.69) is 16.1 Å². The number of halogens is 2. The average molecular weight is 322 g/mol. The topological polar surface area (TPSA) is 35.1 Å². The second-order valence-corrected chi connectivity index (χ2v) is 5.33. The molecule has 0 saturated carbocycles. The molecule has 5 heteroatoms. The number of benzene rings is 2. The summed E-state index contributed by atoms with van der Waals surface area (Å²) in [6.45, 7) is 0.678. The van der Waals surface area contributed by atoms with Crippen molar-refractivity contribution < 1.29 is 23.6 Å². The number of quaternary nitrogens is 1. The van der Waals surface area contributed by atoms with Crippen molar-refractivity contribution in [3.63, 3.8) is 0 Å². The zero-order valence-electron chi connectivity index (χ0n) is 13.4. The maximum Gasteiger partial charge on any atom is 0.387 e. The van der Waals surface area contributed by atoms with Crippen molar-refractivity contribution >= 4 is 0 Å². The normalized spacial score (nSPS) is 10.8. The predicted octanol–water partition coefficient (Wildman–Crippen LogP) is 2.91. The molecule has 0 unspecified atom stereocenters. The van der Waals surface area contributed by atoms with Crippen LogP contribution in [0.5, 0.6) is 11.5 Å². The second-order valence-electron chi connectivity index (χ2n) is 5.33. The van der Waals surface area contributed by atoms with Gasteiger partial charge in [0, 0.05) is 12.0 Å². The summed E-state index contributed by atoms with van der Waals surface area (Å²) in [7, 11) is 1.66. The lowest BCUT2D eigenvalue weighted by Gasteiger charge is -2.11. The van der Waals surface area contributed by atoms with E-state index in [4.69, 9.17) is 4.74 Å². The van der Waals surface area contributed by atoms with Gasteiger partial charge in [0.2, 0.25) is 0 Å². The molecular weight excluding hydrogens is 300 g/mol. The van der Waals surface area contributed by atoms with Crippen molar-refractivity contribution in [3.8, 4) is 11.5 Å². The van der Waals surface area contributed by atoms with E-state index in [-0.39, 0.29) is 5.75 Å². The molecule has 124 valence electrons. The summed E-state index contributed by atoms with van der Waals surface area (Å²) in [5.41, 5.74) is 3.11. The van der Waals surface area contributed by atoms with Gasteiger partial charge in [0.05, 0.1) is 13.7 Å². The highest BCUT2D eigenvalue weighted by atomic mass is 19.3. The molecule has 2 aromatic rings. The number of rotatable bonds is 8. The van der Waals surface area contributed by atoms with E-state index >= 15 is 0 Å². The van der Waals surface area contributed by atoms with Gasteiger partial charge < -0.3 is 14.8 Å². The van der Waals surface area contributed by atoms with Crippen molar-refractivity contribution in [1.82, 2.24) is 0 Å². The van der Waals surface area contributed by atoms with Crippen molar-refractivity contribution in [2.75, 3.05) is 13.7 Å². The number of hydrogen-bond acceptors (Lipinski definition) is 2. The van der Waals surface area contributed by atoms with Crippen LogP contribution >= 0.6 is 0 Å². The SMILES string of the molecule is COc1ccc(C)cc1CC[NH2+]Cc1ccccc1OC(F)F. The van der Waals surface area contributed by atoms with E-state index in [1.54, 1.807) is 19.2 Å². The number of nitrogens with two attached hydrogens (primary N) is 1. The molecule has 2 aromatic carbocycles. The molecule has 0 aliphatic heterocycles. The molecule has 0 saturated heterocycles. The quantitative estimate of drug-likeness (QED) is 0.759. The van der Waals surface area contributed by atoms with Crippen molar-refractivity contribution in [2.45, 2.75) is 26.5 Å². The molecule has 0 fully saturated rings. The van der Waals surface area contributed by atoms with Gasteiger partial charge in [0.25, 0.3) is 0 Å². The van der Waals surface area contributed by atoms with Crippen LogP contribution in [-0.2, 0) is 13.0 Å². The van der Waals surface area contributed by atoms with Crippen LogP contribution in [-0.4, -0.2) is 20.3 Å². The van der Waals surface area contributed by atoms with Crippen LogP contribution < -0.4 is 14.8 Å². The highest BCUT2D eigenvalue weighted by molar-refractivity contribution is 5.37. The van der Waals surface area contributed by atoms with Crippen LogP contribution in [0.25, 0.3) is 0 Å². The summed E-state index contributed by atoms with van der Waals surface area (Å²) in [6.07, 6.45) is 0.850. The molecule has 3 nitrogen and oxygen atoms in total. The number of aryl methyl sites for hydroxylation is 1. The third kappa shape index (κ3) is 5.21. The lowest BCUT2D eigenvalue weighted by Crippen LogP contribution is -2.83. The Kier molecular flexibility index (Phi) is 6.35. The zero-order valence-corrected chi connectivity index (χ0v) is 13.4. The Balaban J connectivity index is 1.90. The number of para-hydroxylation sites is 1. The van der Waals surface area contributed by atoms with Crippen LogP contribution in [0.1, 0.15) is 16.7 Å². The summed E-state index contributed by atoms with van der Waals surface area (Å²) in [4.78, 5) is 0. The van der Waals surface area contributed by atoms with E-state index in [1.807, 2.05) is 31.2 Å². The molecule has 0 aliphatic carbocycles. The van der Waals surface area contributed by atoms with Gasteiger partial charge in [-0.05, 0) is 30.7 Å². The standard InChI is InChI=1S/C18H21F2NO2/c1-13-7-8-16(22-2)14(11-13)9-10-21-12-15-5-3-4-6-17(15)23-18(19)20/h3-8,11,18,21H,9-10,12H2,1-2H3/p+1. The Labute approximate surface area is 135 Å². The molecule has 0 spiro atoms. The van der Waals surface area contributed by atoms with Crippen LogP contribution in [0.2, 0.25) is 0 Å². The van der Waals surface area contributed by atoms with E-state index < -0.39 is 6.61 Å². The first-order valence-electron chi connectivity index (χ1n) is 7.58. The van der Waals surface area contributed by atoms with Gasteiger partial charge in [-0.2, -0.15) is 8.78 Å². The van der Waals surface area contributed by atoms with Crippen molar-refractivity contribution in [3.05, 3.63) is 59.2 Å². The van der Waals surface area contributed by atoms with Gasteiger partial charge in [-0.1, -0.05) is 29.8 Å². The Bertz CT molecular complexity index is 632. The molecule has 0 heterocycles. The van der Waals surface area contributed by atoms with Crippen LogP contribution in [0.15, 0.2) is 42.5 Å². The number of alkyl halides is 2. The third-order valence-corrected chi connectivity index (χ3v) is 3.61. The number of methoxy groups -OCH3 is 1. The molecule has 23 heavy (non-hydrogen) atoms. The Morgan fingerprint density at radius 2 is 1.83 bits per heavy atom. The van der Waals surface area contributed by atoms with Gasteiger partial charge in [-0.25, -0.2) is 0 Å². The van der Waals surface area contributed by atoms with Gasteiger partial charge in [-0.3, -0.25) is 0 Å². The predicted molar refractivity (Wildman–Crippen MR) is 85.0 cm³/mol. The largest absolute Gasteiger partial charge is 0.496 e. The summed E-state index contributed by atoms with van der Waals surface area (Å²) >= 11 is 0. The van der Waals surface area contributed by atoms with E-state index in [0.717, 1.165) is 29.8 Å². The third-order valence-electron chi connectivity index (χ3n) is 3.61. The maximum absolute atomic E-state index is 12.4. The minimum atomic E-state index is -2.80. The Hall–Kier alpha value is -2.14. The van der Waals surface area contributed by atoms with Crippen LogP contribution in [0, 0.1) is 6.92 Å². The van der Waals surface area contributed by atoms with Crippen molar-refractivity contribution in [2.24, 2.45) is 0 Å². The highest BCUT2D eigenvalue weighted by Gasteiger charge is 2.10. The highest BCUT2D eigenvalue weighted by Crippen LogP contribution is 2.20. The summed E-state index contributed by atoms with van der Waals surface area (Å²) in [5, 5.41) is 2.08. The smallest absolute Gasteiger partial charge is 0.387 e. The van der Waals surface area contributed by atoms with E-state index in [1.165, 1.54) is 5.56 Å². The van der Waals surface area contributed by atoms with Crippen LogP contribution in [0.4, 0.5) is 8.78 Å². The fourth-order valence-electron chi connectivity index (χ4n) is 2.50. The first kappa shape index (κ1) is 17.2. The molecule has 2 N–H and O–H groups in total. The summed E-state index contributed by atoms with van der Waals surface area (Å²) < 4.78 is 34.7. The van der Waals surface area contributed by atoms with Gasteiger partial charge in [-0.15, -0.1) is 0 Å². The lowest BCUT2D eigenvalue weighted by atomic mass is 10.1. The minimum Gasteiger partial charge on any atom is -0.496 e. The zero-order chi connectivity index (χ0) is 16.7. The summed E-state index contributed by atoms with van der Waals surface area (Å²) in [5.74, 6) is 1.12. The average Bonchev–Trinajstić information content (AvgIpc) is 2.52. The molecule has 0 amide bonds. The number of hydrogen-bond donors (Lipinski definition) is 1. The molecule has 0 atom stereocenters. The second kappa shape index (κ2) is 8.48. The Morgan fingerprint density at radius 1 is 1.04 bits per heavy atom. The van der Waals surface area contributed by atoms with Crippen LogP contribution in [0.3, 0.4) is 0 Å². The van der Waals surface area contributed by atoms with Gasteiger partial charge in [0.15, 0.2) is 0 Å². The maximum atomic E-state index is 12.4. The first-order chi connectivity index (χ1) is 11.1. The van der Waals surface area contributed by atoms with Gasteiger partial charge in [0.1, 0.15) is 18.0 Å². The molecular formula is C18H22F2NO2+. The van der Waals surface area contributed by atoms with E-state index in [0.29, 0.717) is 6.54 Å². The molecule has 2 rings (SSSR count). The monoisotopic (exact) mass is 322 g/mol. The molecule has 0 radical (unpaired) electrons. The Morgan fingerprint density at radius 3 is 2.57 bits per heavy atom. The molecule has 0 bridgehead atoms. The molecule has 0 aromatic heterocycles. The van der Waals surface area contributed by atoms with Gasteiger partial charge >= 0.3 is 6.61 Å². The fourth-order valence-corrected chi connectivity index (χ4v) is 2.50.